The topological polar surface area (TPSA) is 71.8 Å². The molecule has 3 aromatic rings. The van der Waals surface area contributed by atoms with Gasteiger partial charge >= 0.3 is 0 Å². The van der Waals surface area contributed by atoms with E-state index in [-0.39, 0.29) is 5.56 Å². The van der Waals surface area contributed by atoms with Crippen LogP contribution in [0.4, 0.5) is 0 Å². The van der Waals surface area contributed by atoms with Crippen LogP contribution in [0.5, 0.6) is 0 Å². The molecule has 3 aromatic heterocycles. The summed E-state index contributed by atoms with van der Waals surface area (Å²) >= 11 is 1.44. The van der Waals surface area contributed by atoms with Gasteiger partial charge in [-0.3, -0.25) is 9.36 Å². The number of thiophene rings is 1. The third-order valence-electron chi connectivity index (χ3n) is 3.34. The quantitative estimate of drug-likeness (QED) is 0.693. The van der Waals surface area contributed by atoms with Gasteiger partial charge in [0.25, 0.3) is 5.56 Å². The van der Waals surface area contributed by atoms with Crippen molar-refractivity contribution in [2.24, 2.45) is 0 Å². The first kappa shape index (κ1) is 13.6. The molecule has 0 aliphatic heterocycles. The minimum absolute atomic E-state index is 0.0666. The Balaban J connectivity index is 2.16. The van der Waals surface area contributed by atoms with E-state index in [0.717, 1.165) is 10.4 Å². The van der Waals surface area contributed by atoms with Crippen molar-refractivity contribution < 1.29 is 4.42 Å². The number of nitrogens with zero attached hydrogens (tertiary/aromatic N) is 3. The van der Waals surface area contributed by atoms with Gasteiger partial charge in [0, 0.05) is 23.9 Å². The van der Waals surface area contributed by atoms with Crippen molar-refractivity contribution in [1.82, 2.24) is 9.55 Å². The minimum Gasteiger partial charge on any atom is -0.464 e. The van der Waals surface area contributed by atoms with Gasteiger partial charge in [0.15, 0.2) is 0 Å². The molecule has 21 heavy (non-hydrogen) atoms. The molecule has 0 atom stereocenters. The van der Waals surface area contributed by atoms with Crippen LogP contribution in [0.15, 0.2) is 33.0 Å². The molecule has 0 unspecified atom stereocenters. The van der Waals surface area contributed by atoms with Crippen LogP contribution in [-0.4, -0.2) is 9.55 Å². The molecule has 0 amide bonds. The van der Waals surface area contributed by atoms with E-state index >= 15 is 0 Å². The van der Waals surface area contributed by atoms with Gasteiger partial charge in [0.05, 0.1) is 17.7 Å². The predicted molar refractivity (Wildman–Crippen MR) is 81.2 cm³/mol. The third-order valence-corrected chi connectivity index (χ3v) is 4.21. The van der Waals surface area contributed by atoms with Crippen LogP contribution in [0.1, 0.15) is 18.7 Å². The van der Waals surface area contributed by atoms with E-state index < -0.39 is 0 Å². The first-order valence-corrected chi connectivity index (χ1v) is 7.50. The Kier molecular flexibility index (Phi) is 3.59. The summed E-state index contributed by atoms with van der Waals surface area (Å²) in [6.45, 7) is 2.33. The van der Waals surface area contributed by atoms with Gasteiger partial charge in [0.1, 0.15) is 16.4 Å². The standard InChI is InChI=1S/C15H13N3O2S/c1-10-17-14-13(15(19)18(10)7-3-2-6-16)11(9-21-14)12-5-4-8-20-12/h4-5,8-9H,2-3,7H2,1H3. The molecule has 106 valence electrons. The molecule has 0 fully saturated rings. The second-order valence-electron chi connectivity index (χ2n) is 4.68. The fourth-order valence-corrected chi connectivity index (χ4v) is 3.28. The summed E-state index contributed by atoms with van der Waals surface area (Å²) < 4.78 is 7.04. The van der Waals surface area contributed by atoms with Crippen LogP contribution in [0.3, 0.4) is 0 Å². The smallest absolute Gasteiger partial charge is 0.263 e. The molecular formula is C15H13N3O2S. The lowest BCUT2D eigenvalue weighted by Crippen LogP contribution is -2.23. The lowest BCUT2D eigenvalue weighted by Gasteiger charge is -2.08. The number of aryl methyl sites for hydroxylation is 1. The zero-order valence-corrected chi connectivity index (χ0v) is 12.3. The molecular weight excluding hydrogens is 286 g/mol. The van der Waals surface area contributed by atoms with Crippen LogP contribution < -0.4 is 5.56 Å². The highest BCUT2D eigenvalue weighted by molar-refractivity contribution is 7.17. The van der Waals surface area contributed by atoms with E-state index in [4.69, 9.17) is 9.68 Å². The van der Waals surface area contributed by atoms with Gasteiger partial charge in [-0.1, -0.05) is 0 Å². The van der Waals surface area contributed by atoms with Crippen molar-refractivity contribution in [1.29, 1.82) is 5.26 Å². The highest BCUT2D eigenvalue weighted by Crippen LogP contribution is 2.31. The molecule has 6 heteroatoms. The lowest BCUT2D eigenvalue weighted by atomic mass is 10.2. The lowest BCUT2D eigenvalue weighted by molar-refractivity contribution is 0.582. The van der Waals surface area contributed by atoms with Gasteiger partial charge in [-0.2, -0.15) is 5.26 Å². The Bertz CT molecular complexity index is 869. The molecule has 0 aromatic carbocycles. The van der Waals surface area contributed by atoms with Crippen LogP contribution >= 0.6 is 11.3 Å². The molecule has 5 nitrogen and oxygen atoms in total. The summed E-state index contributed by atoms with van der Waals surface area (Å²) in [5.74, 6) is 1.35. The normalized spacial score (nSPS) is 10.9. The minimum atomic E-state index is -0.0666. The van der Waals surface area contributed by atoms with Gasteiger partial charge in [0.2, 0.25) is 0 Å². The molecule has 0 aliphatic carbocycles. The summed E-state index contributed by atoms with van der Waals surface area (Å²) in [5, 5.41) is 11.1. The number of nitriles is 1. The number of unbranched alkanes of at least 4 members (excludes halogenated alkanes) is 1. The van der Waals surface area contributed by atoms with Gasteiger partial charge in [-0.15, -0.1) is 11.3 Å². The van der Waals surface area contributed by atoms with E-state index in [1.54, 1.807) is 16.9 Å². The average molecular weight is 299 g/mol. The maximum Gasteiger partial charge on any atom is 0.263 e. The average Bonchev–Trinajstić information content (AvgIpc) is 3.10. The molecule has 3 heterocycles. The Hall–Kier alpha value is -2.39. The number of furan rings is 1. The van der Waals surface area contributed by atoms with Crippen molar-refractivity contribution in [2.45, 2.75) is 26.3 Å². The molecule has 0 spiro atoms. The molecule has 0 radical (unpaired) electrons. The zero-order valence-electron chi connectivity index (χ0n) is 11.5. The van der Waals surface area contributed by atoms with E-state index in [2.05, 4.69) is 11.1 Å². The second-order valence-corrected chi connectivity index (χ2v) is 5.54. The van der Waals surface area contributed by atoms with Gasteiger partial charge in [-0.25, -0.2) is 4.98 Å². The fraction of sp³-hybridized carbons (Fsp3) is 0.267. The van der Waals surface area contributed by atoms with Crippen molar-refractivity contribution in [3.8, 4) is 17.4 Å². The maximum atomic E-state index is 12.7. The van der Waals surface area contributed by atoms with Crippen LogP contribution in [0, 0.1) is 18.3 Å². The number of hydrogen-bond acceptors (Lipinski definition) is 5. The summed E-state index contributed by atoms with van der Waals surface area (Å²) in [7, 11) is 0. The molecule has 0 saturated carbocycles. The van der Waals surface area contributed by atoms with E-state index in [1.165, 1.54) is 11.3 Å². The largest absolute Gasteiger partial charge is 0.464 e. The molecule has 0 N–H and O–H groups in total. The summed E-state index contributed by atoms with van der Waals surface area (Å²) in [4.78, 5) is 18.0. The van der Waals surface area contributed by atoms with E-state index in [0.29, 0.717) is 36.4 Å². The van der Waals surface area contributed by atoms with E-state index in [9.17, 15) is 4.79 Å². The summed E-state index contributed by atoms with van der Waals surface area (Å²) in [6.07, 6.45) is 2.66. The number of rotatable bonds is 4. The Morgan fingerprint density at radius 1 is 1.52 bits per heavy atom. The molecule has 0 aliphatic rings. The maximum absolute atomic E-state index is 12.7. The highest BCUT2D eigenvalue weighted by Gasteiger charge is 2.16. The van der Waals surface area contributed by atoms with Crippen molar-refractivity contribution >= 4 is 21.6 Å². The summed E-state index contributed by atoms with van der Waals surface area (Å²) in [5.41, 5.74) is 0.717. The number of fused-ring (bicyclic) bond motifs is 1. The van der Waals surface area contributed by atoms with E-state index in [1.807, 2.05) is 18.4 Å². The van der Waals surface area contributed by atoms with Crippen LogP contribution in [0.2, 0.25) is 0 Å². The third kappa shape index (κ3) is 2.36. The zero-order chi connectivity index (χ0) is 14.8. The SMILES string of the molecule is Cc1nc2scc(-c3ccco3)c2c(=O)n1CCCC#N. The Morgan fingerprint density at radius 3 is 3.10 bits per heavy atom. The fourth-order valence-electron chi connectivity index (χ4n) is 2.32. The molecule has 0 saturated heterocycles. The molecule has 3 rings (SSSR count). The summed E-state index contributed by atoms with van der Waals surface area (Å²) in [6, 6.07) is 5.73. The Labute approximate surface area is 125 Å². The molecule has 0 bridgehead atoms. The first-order valence-electron chi connectivity index (χ1n) is 6.62. The predicted octanol–water partition coefficient (Wildman–Crippen LogP) is 3.33. The van der Waals surface area contributed by atoms with Crippen LogP contribution in [-0.2, 0) is 6.54 Å². The van der Waals surface area contributed by atoms with Crippen molar-refractivity contribution in [2.75, 3.05) is 0 Å². The Morgan fingerprint density at radius 2 is 2.38 bits per heavy atom. The van der Waals surface area contributed by atoms with Gasteiger partial charge in [-0.05, 0) is 25.5 Å². The monoisotopic (exact) mass is 299 g/mol. The number of aromatic nitrogens is 2. The van der Waals surface area contributed by atoms with Gasteiger partial charge < -0.3 is 4.42 Å². The second kappa shape index (κ2) is 5.54. The number of hydrogen-bond donors (Lipinski definition) is 0. The van der Waals surface area contributed by atoms with Crippen molar-refractivity contribution in [3.63, 3.8) is 0 Å². The van der Waals surface area contributed by atoms with Crippen molar-refractivity contribution in [3.05, 3.63) is 40.0 Å². The first-order chi connectivity index (χ1) is 10.2. The van der Waals surface area contributed by atoms with Crippen LogP contribution in [0.25, 0.3) is 21.5 Å². The highest BCUT2D eigenvalue weighted by atomic mass is 32.1.